The molecule has 0 atom stereocenters. The Labute approximate surface area is 164 Å². The highest BCUT2D eigenvalue weighted by Gasteiger charge is 2.16. The average Bonchev–Trinajstić information content (AvgIpc) is 3.14. The maximum absolute atomic E-state index is 12.5. The molecule has 144 valence electrons. The third kappa shape index (κ3) is 4.01. The Morgan fingerprint density at radius 2 is 1.93 bits per heavy atom. The summed E-state index contributed by atoms with van der Waals surface area (Å²) >= 11 is 0. The van der Waals surface area contributed by atoms with E-state index in [1.165, 1.54) is 12.8 Å². The molecule has 0 unspecified atom stereocenters. The van der Waals surface area contributed by atoms with Gasteiger partial charge in [-0.3, -0.25) is 0 Å². The lowest BCUT2D eigenvalue weighted by Crippen LogP contribution is -2.19. The molecule has 2 amide bonds. The summed E-state index contributed by atoms with van der Waals surface area (Å²) < 4.78 is 7.64. The minimum Gasteiger partial charge on any atom is -0.494 e. The zero-order valence-electron chi connectivity index (χ0n) is 15.9. The van der Waals surface area contributed by atoms with Crippen molar-refractivity contribution in [2.24, 2.45) is 0 Å². The first kappa shape index (κ1) is 18.1. The van der Waals surface area contributed by atoms with Gasteiger partial charge in [0, 0.05) is 30.4 Å². The topological polar surface area (TPSA) is 68.2 Å². The first-order valence-electron chi connectivity index (χ1n) is 9.69. The second-order valence-electron chi connectivity index (χ2n) is 6.77. The number of para-hydroxylation sites is 1. The van der Waals surface area contributed by atoms with Crippen LogP contribution in [0.5, 0.6) is 5.75 Å². The normalized spacial score (nSPS) is 12.9. The summed E-state index contributed by atoms with van der Waals surface area (Å²) in [5.74, 6) is 1.90. The molecule has 1 aliphatic rings. The van der Waals surface area contributed by atoms with E-state index in [2.05, 4.69) is 21.4 Å². The highest BCUT2D eigenvalue weighted by molar-refractivity contribution is 6.02. The molecule has 0 fully saturated rings. The number of nitrogens with one attached hydrogen (secondary N) is 2. The molecule has 0 saturated carbocycles. The number of hydrogen-bond acceptors (Lipinski definition) is 3. The van der Waals surface area contributed by atoms with Crippen LogP contribution in [-0.2, 0) is 13.0 Å². The molecular weight excluding hydrogens is 352 g/mol. The number of ether oxygens (including phenoxy) is 1. The molecule has 0 spiro atoms. The van der Waals surface area contributed by atoms with Gasteiger partial charge in [0.25, 0.3) is 0 Å². The SMILES string of the molecule is CCOc1ccc(NC(=O)Nc2ccccc2-c2cn3c(n2)CCCC3)cc1. The molecule has 0 bridgehead atoms. The van der Waals surface area contributed by atoms with Crippen LogP contribution in [-0.4, -0.2) is 22.2 Å². The zero-order chi connectivity index (χ0) is 19.3. The monoisotopic (exact) mass is 376 g/mol. The predicted octanol–water partition coefficient (Wildman–Crippen LogP) is 4.93. The number of imidazole rings is 1. The van der Waals surface area contributed by atoms with Crippen molar-refractivity contribution >= 4 is 17.4 Å². The maximum Gasteiger partial charge on any atom is 0.323 e. The van der Waals surface area contributed by atoms with Crippen LogP contribution in [0.25, 0.3) is 11.3 Å². The van der Waals surface area contributed by atoms with Crippen LogP contribution < -0.4 is 15.4 Å². The lowest BCUT2D eigenvalue weighted by atomic mass is 10.1. The van der Waals surface area contributed by atoms with Crippen LogP contribution in [0.2, 0.25) is 0 Å². The van der Waals surface area contributed by atoms with Crippen LogP contribution >= 0.6 is 0 Å². The number of benzene rings is 2. The quantitative estimate of drug-likeness (QED) is 0.663. The Morgan fingerprint density at radius 1 is 1.11 bits per heavy atom. The van der Waals surface area contributed by atoms with Gasteiger partial charge in [0.1, 0.15) is 11.6 Å². The molecular formula is C22H24N4O2. The summed E-state index contributed by atoms with van der Waals surface area (Å²) in [7, 11) is 0. The summed E-state index contributed by atoms with van der Waals surface area (Å²) in [5.41, 5.74) is 3.26. The molecule has 6 heteroatoms. The number of anilines is 2. The third-order valence-corrected chi connectivity index (χ3v) is 4.78. The molecule has 2 N–H and O–H groups in total. The van der Waals surface area contributed by atoms with E-state index in [4.69, 9.17) is 9.72 Å². The molecule has 1 aromatic heterocycles. The number of nitrogens with zero attached hydrogens (tertiary/aromatic N) is 2. The smallest absolute Gasteiger partial charge is 0.323 e. The van der Waals surface area contributed by atoms with E-state index in [-0.39, 0.29) is 6.03 Å². The standard InChI is InChI=1S/C22H24N4O2/c1-2-28-17-12-10-16(11-13-17)23-22(27)25-19-8-4-3-7-18(19)20-15-26-14-6-5-9-21(26)24-20/h3-4,7-8,10-13,15H,2,5-6,9,14H2,1H3,(H2,23,25,27). The van der Waals surface area contributed by atoms with Gasteiger partial charge in [-0.15, -0.1) is 0 Å². The van der Waals surface area contributed by atoms with Gasteiger partial charge >= 0.3 is 6.03 Å². The van der Waals surface area contributed by atoms with Crippen LogP contribution in [0.4, 0.5) is 16.2 Å². The number of amides is 2. The number of carbonyl (C=O) groups excluding carboxylic acids is 1. The van der Waals surface area contributed by atoms with E-state index < -0.39 is 0 Å². The third-order valence-electron chi connectivity index (χ3n) is 4.78. The van der Waals surface area contributed by atoms with Gasteiger partial charge in [0.2, 0.25) is 0 Å². The maximum atomic E-state index is 12.5. The lowest BCUT2D eigenvalue weighted by Gasteiger charge is -2.12. The van der Waals surface area contributed by atoms with E-state index >= 15 is 0 Å². The first-order valence-corrected chi connectivity index (χ1v) is 9.69. The van der Waals surface area contributed by atoms with Crippen LogP contribution in [0.3, 0.4) is 0 Å². The van der Waals surface area contributed by atoms with E-state index in [1.54, 1.807) is 0 Å². The van der Waals surface area contributed by atoms with Gasteiger partial charge in [-0.2, -0.15) is 0 Å². The van der Waals surface area contributed by atoms with E-state index in [1.807, 2.05) is 55.5 Å². The number of urea groups is 1. The fraction of sp³-hybridized carbons (Fsp3) is 0.273. The van der Waals surface area contributed by atoms with Crippen molar-refractivity contribution in [2.75, 3.05) is 17.2 Å². The van der Waals surface area contributed by atoms with Crippen molar-refractivity contribution in [1.82, 2.24) is 9.55 Å². The van der Waals surface area contributed by atoms with Crippen LogP contribution in [0.1, 0.15) is 25.6 Å². The second-order valence-corrected chi connectivity index (χ2v) is 6.77. The Kier molecular flexibility index (Phi) is 5.28. The van der Waals surface area contributed by atoms with Gasteiger partial charge in [-0.25, -0.2) is 9.78 Å². The van der Waals surface area contributed by atoms with Gasteiger partial charge in [0.05, 0.1) is 18.0 Å². The second kappa shape index (κ2) is 8.17. The molecule has 6 nitrogen and oxygen atoms in total. The molecule has 28 heavy (non-hydrogen) atoms. The van der Waals surface area contributed by atoms with Gasteiger partial charge in [-0.05, 0) is 50.1 Å². The van der Waals surface area contributed by atoms with E-state index in [0.29, 0.717) is 12.3 Å². The van der Waals surface area contributed by atoms with Gasteiger partial charge < -0.3 is 19.9 Å². The number of hydrogen-bond donors (Lipinski definition) is 2. The van der Waals surface area contributed by atoms with Crippen molar-refractivity contribution in [3.05, 3.63) is 60.6 Å². The Balaban J connectivity index is 1.49. The predicted molar refractivity (Wildman–Crippen MR) is 111 cm³/mol. The van der Waals surface area contributed by atoms with E-state index in [0.717, 1.165) is 41.5 Å². The summed E-state index contributed by atoms with van der Waals surface area (Å²) in [4.78, 5) is 17.3. The minimum atomic E-state index is -0.291. The minimum absolute atomic E-state index is 0.291. The van der Waals surface area contributed by atoms with E-state index in [9.17, 15) is 4.79 Å². The van der Waals surface area contributed by atoms with Gasteiger partial charge in [0.15, 0.2) is 0 Å². The number of fused-ring (bicyclic) bond motifs is 1. The summed E-state index contributed by atoms with van der Waals surface area (Å²) in [6, 6.07) is 14.8. The molecule has 1 aliphatic heterocycles. The number of aromatic nitrogens is 2. The van der Waals surface area contributed by atoms with Crippen molar-refractivity contribution in [2.45, 2.75) is 32.7 Å². The molecule has 0 saturated heterocycles. The number of aryl methyl sites for hydroxylation is 2. The summed E-state index contributed by atoms with van der Waals surface area (Å²) in [5, 5.41) is 5.80. The Hall–Kier alpha value is -3.28. The van der Waals surface area contributed by atoms with Crippen molar-refractivity contribution in [1.29, 1.82) is 0 Å². The molecule has 4 rings (SSSR count). The van der Waals surface area contributed by atoms with Crippen LogP contribution in [0, 0.1) is 0 Å². The summed E-state index contributed by atoms with van der Waals surface area (Å²) in [6.07, 6.45) is 5.46. The van der Waals surface area contributed by atoms with Crippen molar-refractivity contribution in [3.63, 3.8) is 0 Å². The largest absolute Gasteiger partial charge is 0.494 e. The summed E-state index contributed by atoms with van der Waals surface area (Å²) in [6.45, 7) is 3.56. The Bertz CT molecular complexity index is 939. The number of carbonyl (C=O) groups is 1. The molecule has 0 aliphatic carbocycles. The first-order chi connectivity index (χ1) is 13.7. The molecule has 2 heterocycles. The molecule has 3 aromatic rings. The molecule has 2 aromatic carbocycles. The average molecular weight is 376 g/mol. The lowest BCUT2D eigenvalue weighted by molar-refractivity contribution is 0.262. The van der Waals surface area contributed by atoms with Crippen LogP contribution in [0.15, 0.2) is 54.7 Å². The molecule has 0 radical (unpaired) electrons. The zero-order valence-corrected chi connectivity index (χ0v) is 15.9. The highest BCUT2D eigenvalue weighted by Crippen LogP contribution is 2.29. The fourth-order valence-corrected chi connectivity index (χ4v) is 3.44. The number of rotatable bonds is 5. The Morgan fingerprint density at radius 3 is 2.71 bits per heavy atom. The van der Waals surface area contributed by atoms with Gasteiger partial charge in [-0.1, -0.05) is 18.2 Å². The van der Waals surface area contributed by atoms with Crippen molar-refractivity contribution < 1.29 is 9.53 Å². The fourth-order valence-electron chi connectivity index (χ4n) is 3.44. The van der Waals surface area contributed by atoms with Crippen molar-refractivity contribution in [3.8, 4) is 17.0 Å². The highest BCUT2D eigenvalue weighted by atomic mass is 16.5.